The SMILES string of the molecule is CC(=O)[N+]1(c2ccccc2Br)CCC(C(=O)[O-])CC1. The van der Waals surface area contributed by atoms with Gasteiger partial charge in [0.1, 0.15) is 0 Å². The highest BCUT2D eigenvalue weighted by Crippen LogP contribution is 2.36. The van der Waals surface area contributed by atoms with Crippen LogP contribution >= 0.6 is 15.9 Å². The van der Waals surface area contributed by atoms with Crippen LogP contribution in [0.1, 0.15) is 19.8 Å². The number of nitrogens with zero attached hydrogens (tertiary/aromatic N) is 1. The lowest BCUT2D eigenvalue weighted by molar-refractivity contribution is -0.312. The maximum Gasteiger partial charge on any atom is 0.315 e. The van der Waals surface area contributed by atoms with Crippen molar-refractivity contribution in [1.29, 1.82) is 0 Å². The zero-order valence-corrected chi connectivity index (χ0v) is 12.4. The first-order valence-corrected chi connectivity index (χ1v) is 7.11. The maximum atomic E-state index is 12.1. The summed E-state index contributed by atoms with van der Waals surface area (Å²) in [5.41, 5.74) is 0.909. The number of carbonyl (C=O) groups is 2. The Morgan fingerprint density at radius 3 is 2.32 bits per heavy atom. The summed E-state index contributed by atoms with van der Waals surface area (Å²) in [6.07, 6.45) is 0.951. The summed E-state index contributed by atoms with van der Waals surface area (Å²) in [7, 11) is 0. The lowest BCUT2D eigenvalue weighted by Crippen LogP contribution is -2.59. The number of rotatable bonds is 2. The number of likely N-dealkylation sites (tertiary alicyclic amines) is 1. The topological polar surface area (TPSA) is 57.2 Å². The van der Waals surface area contributed by atoms with Gasteiger partial charge in [-0.1, -0.05) is 12.1 Å². The highest BCUT2D eigenvalue weighted by atomic mass is 79.9. The van der Waals surface area contributed by atoms with E-state index in [0.717, 1.165) is 10.2 Å². The molecule has 2 rings (SSSR count). The molecule has 0 N–H and O–H groups in total. The van der Waals surface area contributed by atoms with E-state index >= 15 is 0 Å². The van der Waals surface area contributed by atoms with Crippen LogP contribution in [0.5, 0.6) is 0 Å². The van der Waals surface area contributed by atoms with Crippen LogP contribution in [-0.2, 0) is 9.59 Å². The van der Waals surface area contributed by atoms with Crippen molar-refractivity contribution in [2.45, 2.75) is 19.8 Å². The van der Waals surface area contributed by atoms with Gasteiger partial charge in [-0.05, 0) is 22.0 Å². The Kier molecular flexibility index (Phi) is 4.06. The van der Waals surface area contributed by atoms with E-state index in [4.69, 9.17) is 0 Å². The van der Waals surface area contributed by atoms with E-state index in [2.05, 4.69) is 15.9 Å². The van der Waals surface area contributed by atoms with Crippen molar-refractivity contribution >= 4 is 33.5 Å². The number of hydrogen-bond acceptors (Lipinski definition) is 3. The van der Waals surface area contributed by atoms with Gasteiger partial charge in [0, 0.05) is 30.8 Å². The van der Waals surface area contributed by atoms with E-state index in [1.54, 1.807) is 6.92 Å². The summed E-state index contributed by atoms with van der Waals surface area (Å²) in [6.45, 7) is 2.59. The molecule has 1 aliphatic heterocycles. The molecule has 0 radical (unpaired) electrons. The predicted octanol–water partition coefficient (Wildman–Crippen LogP) is 1.46. The summed E-state index contributed by atoms with van der Waals surface area (Å²) >= 11 is 3.48. The molecule has 1 saturated heterocycles. The zero-order valence-electron chi connectivity index (χ0n) is 10.8. The van der Waals surface area contributed by atoms with E-state index in [1.807, 2.05) is 24.3 Å². The molecule has 102 valence electrons. The Morgan fingerprint density at radius 1 is 1.26 bits per heavy atom. The van der Waals surface area contributed by atoms with Gasteiger partial charge < -0.3 is 9.90 Å². The fraction of sp³-hybridized carbons (Fsp3) is 0.429. The molecule has 1 amide bonds. The van der Waals surface area contributed by atoms with Crippen molar-refractivity contribution < 1.29 is 14.7 Å². The van der Waals surface area contributed by atoms with Crippen molar-refractivity contribution in [3.05, 3.63) is 28.7 Å². The van der Waals surface area contributed by atoms with Gasteiger partial charge in [-0.3, -0.25) is 0 Å². The quantitative estimate of drug-likeness (QED) is 0.773. The fourth-order valence-electron chi connectivity index (χ4n) is 2.77. The van der Waals surface area contributed by atoms with Gasteiger partial charge in [0.2, 0.25) is 0 Å². The van der Waals surface area contributed by atoms with Crippen molar-refractivity contribution in [2.75, 3.05) is 13.1 Å². The number of amides is 1. The van der Waals surface area contributed by atoms with Crippen LogP contribution in [0.4, 0.5) is 5.69 Å². The van der Waals surface area contributed by atoms with E-state index < -0.39 is 11.9 Å². The predicted molar refractivity (Wildman–Crippen MR) is 74.1 cm³/mol. The van der Waals surface area contributed by atoms with Crippen LogP contribution in [-0.4, -0.2) is 25.0 Å². The molecular formula is C14H16BrNO3. The van der Waals surface area contributed by atoms with Crippen LogP contribution in [0.2, 0.25) is 0 Å². The normalized spacial score (nSPS) is 26.9. The molecule has 0 aliphatic carbocycles. The van der Waals surface area contributed by atoms with Crippen LogP contribution < -0.4 is 9.59 Å². The molecule has 1 fully saturated rings. The molecule has 0 unspecified atom stereocenters. The van der Waals surface area contributed by atoms with Gasteiger partial charge in [0.05, 0.1) is 24.5 Å². The lowest BCUT2D eigenvalue weighted by Gasteiger charge is -2.40. The molecule has 1 heterocycles. The largest absolute Gasteiger partial charge is 0.550 e. The zero-order chi connectivity index (χ0) is 14.0. The Balaban J connectivity index is 2.35. The number of hydrogen-bond donors (Lipinski definition) is 0. The monoisotopic (exact) mass is 325 g/mol. The second-order valence-corrected chi connectivity index (χ2v) is 5.83. The third-order valence-corrected chi connectivity index (χ3v) is 4.64. The summed E-state index contributed by atoms with van der Waals surface area (Å²) in [4.78, 5) is 23.1. The molecule has 0 bridgehead atoms. The number of carboxylic acid groups (broad SMARTS) is 1. The summed E-state index contributed by atoms with van der Waals surface area (Å²) in [5.74, 6) is -1.40. The van der Waals surface area contributed by atoms with Gasteiger partial charge in [0.15, 0.2) is 5.69 Å². The average molecular weight is 326 g/mol. The van der Waals surface area contributed by atoms with E-state index in [9.17, 15) is 14.7 Å². The minimum Gasteiger partial charge on any atom is -0.550 e. The molecule has 5 heteroatoms. The highest BCUT2D eigenvalue weighted by Gasteiger charge is 2.41. The van der Waals surface area contributed by atoms with Crippen LogP contribution in [0, 0.1) is 5.92 Å². The maximum absolute atomic E-state index is 12.1. The number of halogens is 1. The van der Waals surface area contributed by atoms with Crippen LogP contribution in [0.25, 0.3) is 0 Å². The number of aliphatic carboxylic acids is 1. The third kappa shape index (κ3) is 2.58. The number of benzene rings is 1. The Morgan fingerprint density at radius 2 is 1.84 bits per heavy atom. The molecule has 4 nitrogen and oxygen atoms in total. The third-order valence-electron chi connectivity index (χ3n) is 3.97. The number of piperidine rings is 1. The molecule has 19 heavy (non-hydrogen) atoms. The number of quaternary nitrogens is 1. The molecule has 1 aliphatic rings. The first-order chi connectivity index (χ1) is 8.97. The molecule has 0 aromatic heterocycles. The van der Waals surface area contributed by atoms with Gasteiger partial charge in [-0.25, -0.2) is 9.28 Å². The first kappa shape index (κ1) is 14.2. The van der Waals surface area contributed by atoms with E-state index in [0.29, 0.717) is 25.9 Å². The number of carboxylic acids is 1. The van der Waals surface area contributed by atoms with Crippen molar-refractivity contribution in [3.63, 3.8) is 0 Å². The molecule has 0 saturated carbocycles. The lowest BCUT2D eigenvalue weighted by atomic mass is 9.94. The molecule has 0 spiro atoms. The van der Waals surface area contributed by atoms with E-state index in [-0.39, 0.29) is 10.4 Å². The standard InChI is InChI=1S/C14H16BrNO3/c1-10(17)16(13-5-3-2-4-12(13)15)8-6-11(7-9-16)14(18)19/h2-5,11H,6-9H2,1H3. The smallest absolute Gasteiger partial charge is 0.315 e. The Hall–Kier alpha value is -1.20. The fourth-order valence-corrected chi connectivity index (χ4v) is 3.39. The molecule has 0 atom stereocenters. The summed E-state index contributed by atoms with van der Waals surface area (Å²) < 4.78 is 1.10. The van der Waals surface area contributed by atoms with Gasteiger partial charge in [0.25, 0.3) is 0 Å². The summed E-state index contributed by atoms with van der Waals surface area (Å²) in [6, 6.07) is 7.62. The number of para-hydroxylation sites is 1. The Labute approximate surface area is 120 Å². The minimum absolute atomic E-state index is 0.0451. The first-order valence-electron chi connectivity index (χ1n) is 6.31. The van der Waals surface area contributed by atoms with Crippen LogP contribution in [0.15, 0.2) is 28.7 Å². The summed E-state index contributed by atoms with van der Waals surface area (Å²) in [5, 5.41) is 10.9. The molecular weight excluding hydrogens is 310 g/mol. The van der Waals surface area contributed by atoms with Gasteiger partial charge in [-0.15, -0.1) is 0 Å². The number of carbonyl (C=O) groups excluding carboxylic acids is 2. The average Bonchev–Trinajstić information content (AvgIpc) is 2.39. The van der Waals surface area contributed by atoms with Crippen molar-refractivity contribution in [2.24, 2.45) is 5.92 Å². The highest BCUT2D eigenvalue weighted by molar-refractivity contribution is 9.10. The van der Waals surface area contributed by atoms with Crippen molar-refractivity contribution in [3.8, 4) is 0 Å². The second-order valence-electron chi connectivity index (χ2n) is 4.98. The minimum atomic E-state index is -1.01. The Bertz CT molecular complexity index is 507. The van der Waals surface area contributed by atoms with Gasteiger partial charge >= 0.3 is 5.91 Å². The van der Waals surface area contributed by atoms with Crippen LogP contribution in [0.3, 0.4) is 0 Å². The van der Waals surface area contributed by atoms with E-state index in [1.165, 1.54) is 0 Å². The second kappa shape index (κ2) is 5.43. The molecule has 1 aromatic carbocycles. The van der Waals surface area contributed by atoms with Gasteiger partial charge in [-0.2, -0.15) is 0 Å². The molecule has 1 aromatic rings. The van der Waals surface area contributed by atoms with Crippen molar-refractivity contribution in [1.82, 2.24) is 4.48 Å².